The predicted molar refractivity (Wildman–Crippen MR) is 69.2 cm³/mol. The van der Waals surface area contributed by atoms with Crippen molar-refractivity contribution in [1.29, 1.82) is 0 Å². The Hall–Kier alpha value is -1.60. The second-order valence-electron chi connectivity index (χ2n) is 4.55. The van der Waals surface area contributed by atoms with Gasteiger partial charge in [0, 0.05) is 18.7 Å². The lowest BCUT2D eigenvalue weighted by Gasteiger charge is -2.25. The molecular formula is C12H15NO5S. The highest BCUT2D eigenvalue weighted by Crippen LogP contribution is 2.25. The van der Waals surface area contributed by atoms with E-state index in [9.17, 15) is 18.3 Å². The topological polar surface area (TPSA) is 94.9 Å². The first-order chi connectivity index (χ1) is 8.87. The Morgan fingerprint density at radius 1 is 1.16 bits per heavy atom. The summed E-state index contributed by atoms with van der Waals surface area (Å²) < 4.78 is 22.5. The zero-order chi connectivity index (χ0) is 14.0. The van der Waals surface area contributed by atoms with Gasteiger partial charge in [0.05, 0.1) is 18.1 Å². The van der Waals surface area contributed by atoms with Crippen molar-refractivity contribution in [2.75, 3.05) is 31.1 Å². The van der Waals surface area contributed by atoms with Gasteiger partial charge in [0.25, 0.3) is 0 Å². The molecule has 1 aromatic carbocycles. The third-order valence-corrected chi connectivity index (χ3v) is 4.71. The van der Waals surface area contributed by atoms with Crippen LogP contribution in [0.15, 0.2) is 18.2 Å². The van der Waals surface area contributed by atoms with Gasteiger partial charge in [-0.05, 0) is 18.2 Å². The van der Waals surface area contributed by atoms with Crippen molar-refractivity contribution in [2.24, 2.45) is 0 Å². The van der Waals surface area contributed by atoms with Gasteiger partial charge in [-0.2, -0.15) is 0 Å². The molecule has 0 aromatic heterocycles. The van der Waals surface area contributed by atoms with Gasteiger partial charge >= 0.3 is 0 Å². The maximum atomic E-state index is 12.0. The lowest BCUT2D eigenvalue weighted by Crippen LogP contribution is -2.42. The Morgan fingerprint density at radius 2 is 1.79 bits per heavy atom. The summed E-state index contributed by atoms with van der Waals surface area (Å²) in [4.78, 5) is 13.7. The van der Waals surface area contributed by atoms with Gasteiger partial charge in [0.1, 0.15) is 0 Å². The summed E-state index contributed by atoms with van der Waals surface area (Å²) in [7, 11) is -2.95. The van der Waals surface area contributed by atoms with Crippen molar-refractivity contribution in [3.63, 3.8) is 0 Å². The molecule has 1 heterocycles. The SMILES string of the molecule is O=C(CN1CCS(=O)(=O)CC1)c1ccc(O)c(O)c1. The summed E-state index contributed by atoms with van der Waals surface area (Å²) in [5.74, 6) is -0.690. The first-order valence-corrected chi connectivity index (χ1v) is 7.67. The first-order valence-electron chi connectivity index (χ1n) is 5.85. The number of phenols is 2. The van der Waals surface area contributed by atoms with Crippen LogP contribution in [0, 0.1) is 0 Å². The zero-order valence-corrected chi connectivity index (χ0v) is 11.1. The fourth-order valence-corrected chi connectivity index (χ4v) is 3.18. The van der Waals surface area contributed by atoms with Crippen LogP contribution in [0.25, 0.3) is 0 Å². The first kappa shape index (κ1) is 13.8. The second kappa shape index (κ2) is 5.18. The van der Waals surface area contributed by atoms with Crippen LogP contribution in [-0.4, -0.2) is 60.5 Å². The van der Waals surface area contributed by atoms with Crippen molar-refractivity contribution < 1.29 is 23.4 Å². The van der Waals surface area contributed by atoms with Crippen molar-refractivity contribution in [3.8, 4) is 11.5 Å². The van der Waals surface area contributed by atoms with E-state index in [1.807, 2.05) is 0 Å². The molecule has 0 radical (unpaired) electrons. The number of benzene rings is 1. The van der Waals surface area contributed by atoms with Crippen LogP contribution in [0.3, 0.4) is 0 Å². The van der Waals surface area contributed by atoms with Gasteiger partial charge in [0.15, 0.2) is 27.1 Å². The highest BCUT2D eigenvalue weighted by molar-refractivity contribution is 7.91. The minimum atomic E-state index is -2.95. The molecule has 1 aromatic rings. The Bertz CT molecular complexity index is 582. The van der Waals surface area contributed by atoms with Crippen LogP contribution in [0.1, 0.15) is 10.4 Å². The van der Waals surface area contributed by atoms with E-state index in [1.165, 1.54) is 18.2 Å². The number of phenolic OH excluding ortho intramolecular Hbond substituents is 2. The highest BCUT2D eigenvalue weighted by atomic mass is 32.2. The summed E-state index contributed by atoms with van der Waals surface area (Å²) in [5, 5.41) is 18.5. The van der Waals surface area contributed by atoms with Crippen LogP contribution >= 0.6 is 0 Å². The van der Waals surface area contributed by atoms with E-state index in [0.717, 1.165) is 0 Å². The summed E-state index contributed by atoms with van der Waals surface area (Å²) in [6, 6.07) is 3.89. The largest absolute Gasteiger partial charge is 0.504 e. The summed E-state index contributed by atoms with van der Waals surface area (Å²) in [6.45, 7) is 0.802. The molecule has 1 fully saturated rings. The molecule has 0 saturated carbocycles. The molecule has 6 nitrogen and oxygen atoms in total. The number of carbonyl (C=O) groups is 1. The number of hydrogen-bond acceptors (Lipinski definition) is 6. The van der Waals surface area contributed by atoms with Gasteiger partial charge in [-0.1, -0.05) is 0 Å². The third kappa shape index (κ3) is 3.45. The minimum Gasteiger partial charge on any atom is -0.504 e. The van der Waals surface area contributed by atoms with Crippen molar-refractivity contribution >= 4 is 15.6 Å². The van der Waals surface area contributed by atoms with E-state index in [2.05, 4.69) is 0 Å². The predicted octanol–water partition coefficient (Wildman–Crippen LogP) is 0.0109. The molecule has 19 heavy (non-hydrogen) atoms. The zero-order valence-electron chi connectivity index (χ0n) is 10.2. The monoisotopic (exact) mass is 285 g/mol. The fraction of sp³-hybridized carbons (Fsp3) is 0.417. The molecule has 0 atom stereocenters. The molecule has 0 bridgehead atoms. The van der Waals surface area contributed by atoms with E-state index in [1.54, 1.807) is 4.90 Å². The number of ketones is 1. The standard InChI is InChI=1S/C12H15NO5S/c14-10-2-1-9(7-11(10)15)12(16)8-13-3-5-19(17,18)6-4-13/h1-2,7,14-15H,3-6,8H2. The van der Waals surface area contributed by atoms with E-state index in [4.69, 9.17) is 5.11 Å². The lowest BCUT2D eigenvalue weighted by atomic mass is 10.1. The molecule has 2 rings (SSSR count). The maximum Gasteiger partial charge on any atom is 0.176 e. The van der Waals surface area contributed by atoms with Gasteiger partial charge in [-0.25, -0.2) is 8.42 Å². The maximum absolute atomic E-state index is 12.0. The number of rotatable bonds is 3. The minimum absolute atomic E-state index is 0.0705. The fourth-order valence-electron chi connectivity index (χ4n) is 1.90. The molecule has 1 saturated heterocycles. The molecule has 1 aliphatic heterocycles. The molecule has 2 N–H and O–H groups in total. The molecule has 0 amide bonds. The Labute approximate surface area is 111 Å². The smallest absolute Gasteiger partial charge is 0.176 e. The quantitative estimate of drug-likeness (QED) is 0.600. The van der Waals surface area contributed by atoms with E-state index >= 15 is 0 Å². The third-order valence-electron chi connectivity index (χ3n) is 3.10. The Morgan fingerprint density at radius 3 is 2.37 bits per heavy atom. The number of carbonyl (C=O) groups excluding carboxylic acids is 1. The number of hydrogen-bond donors (Lipinski definition) is 2. The van der Waals surface area contributed by atoms with E-state index in [-0.39, 0.29) is 35.3 Å². The molecule has 0 unspecified atom stereocenters. The number of sulfone groups is 1. The van der Waals surface area contributed by atoms with Crippen LogP contribution < -0.4 is 0 Å². The number of Topliss-reactive ketones (excluding diaryl/α,β-unsaturated/α-hetero) is 1. The average Bonchev–Trinajstić information content (AvgIpc) is 2.35. The molecule has 0 spiro atoms. The summed E-state index contributed by atoms with van der Waals surface area (Å²) >= 11 is 0. The Balaban J connectivity index is 2.00. The van der Waals surface area contributed by atoms with Crippen LogP contribution in [0.4, 0.5) is 0 Å². The molecule has 7 heteroatoms. The summed E-state index contributed by atoms with van der Waals surface area (Å²) in [6.07, 6.45) is 0. The number of nitrogens with zero attached hydrogens (tertiary/aromatic N) is 1. The van der Waals surface area contributed by atoms with Crippen molar-refractivity contribution in [2.45, 2.75) is 0 Å². The molecular weight excluding hydrogens is 270 g/mol. The van der Waals surface area contributed by atoms with E-state index in [0.29, 0.717) is 18.7 Å². The lowest BCUT2D eigenvalue weighted by molar-refractivity contribution is 0.0935. The van der Waals surface area contributed by atoms with Gasteiger partial charge in [-0.3, -0.25) is 9.69 Å². The van der Waals surface area contributed by atoms with Crippen molar-refractivity contribution in [1.82, 2.24) is 4.90 Å². The summed E-state index contributed by atoms with van der Waals surface area (Å²) in [5.41, 5.74) is 0.295. The van der Waals surface area contributed by atoms with Crippen molar-refractivity contribution in [3.05, 3.63) is 23.8 Å². The number of aromatic hydroxyl groups is 2. The van der Waals surface area contributed by atoms with Crippen LogP contribution in [-0.2, 0) is 9.84 Å². The van der Waals surface area contributed by atoms with Gasteiger partial charge in [-0.15, -0.1) is 0 Å². The Kier molecular flexibility index (Phi) is 3.77. The second-order valence-corrected chi connectivity index (χ2v) is 6.86. The highest BCUT2D eigenvalue weighted by Gasteiger charge is 2.23. The van der Waals surface area contributed by atoms with Crippen LogP contribution in [0.5, 0.6) is 11.5 Å². The normalized spacial score (nSPS) is 19.2. The van der Waals surface area contributed by atoms with Gasteiger partial charge < -0.3 is 10.2 Å². The van der Waals surface area contributed by atoms with Gasteiger partial charge in [0.2, 0.25) is 0 Å². The van der Waals surface area contributed by atoms with E-state index < -0.39 is 9.84 Å². The molecule has 104 valence electrons. The van der Waals surface area contributed by atoms with Crippen LogP contribution in [0.2, 0.25) is 0 Å². The average molecular weight is 285 g/mol. The molecule has 1 aliphatic rings. The molecule has 0 aliphatic carbocycles.